The van der Waals surface area contributed by atoms with E-state index in [0.717, 1.165) is 19.3 Å². The van der Waals surface area contributed by atoms with Gasteiger partial charge in [0, 0.05) is 0 Å². The first-order valence-corrected chi connectivity index (χ1v) is 5.10. The zero-order chi connectivity index (χ0) is 9.90. The van der Waals surface area contributed by atoms with Gasteiger partial charge in [-0.15, -0.1) is 0 Å². The van der Waals surface area contributed by atoms with Crippen LogP contribution in [-0.2, 0) is 4.84 Å². The van der Waals surface area contributed by atoms with Gasteiger partial charge in [-0.1, -0.05) is 12.8 Å². The first-order chi connectivity index (χ1) is 5.99. The van der Waals surface area contributed by atoms with E-state index in [0.29, 0.717) is 0 Å². The van der Waals surface area contributed by atoms with Gasteiger partial charge in [-0.05, 0) is 33.6 Å². The summed E-state index contributed by atoms with van der Waals surface area (Å²) < 4.78 is 0. The molecule has 0 amide bonds. The predicted octanol–water partition coefficient (Wildman–Crippen LogP) is 1.61. The number of hydrogen-bond donors (Lipinski definition) is 2. The summed E-state index contributed by atoms with van der Waals surface area (Å²) in [5.41, 5.74) is 2.78. The smallest absolute Gasteiger partial charge is 0.0813 e. The van der Waals surface area contributed by atoms with Crippen molar-refractivity contribution in [3.8, 4) is 0 Å². The molecule has 0 unspecified atom stereocenters. The Kier molecular flexibility index (Phi) is 3.71. The second-order valence-corrected chi connectivity index (χ2v) is 4.79. The molecule has 0 heterocycles. The first-order valence-electron chi connectivity index (χ1n) is 5.10. The molecule has 2 atom stereocenters. The van der Waals surface area contributed by atoms with Crippen LogP contribution in [0.4, 0.5) is 0 Å². The molecule has 0 radical (unpaired) electrons. The Morgan fingerprint density at radius 1 is 1.23 bits per heavy atom. The standard InChI is InChI=1S/C10H21NO2/c1-10(2,3)13-11-8-6-4-5-7-9(8)12/h8-9,11-12H,4-7H2,1-3H3/t8-,9-/m0/s1. The number of aliphatic hydroxyl groups excluding tert-OH is 1. The van der Waals surface area contributed by atoms with E-state index in [9.17, 15) is 5.11 Å². The molecular weight excluding hydrogens is 166 g/mol. The summed E-state index contributed by atoms with van der Waals surface area (Å²) >= 11 is 0. The molecular formula is C10H21NO2. The van der Waals surface area contributed by atoms with Crippen molar-refractivity contribution in [1.29, 1.82) is 0 Å². The minimum absolute atomic E-state index is 0.118. The normalized spacial score (nSPS) is 30.5. The van der Waals surface area contributed by atoms with Crippen LogP contribution >= 0.6 is 0 Å². The summed E-state index contributed by atoms with van der Waals surface area (Å²) in [6.45, 7) is 5.99. The maximum Gasteiger partial charge on any atom is 0.0813 e. The van der Waals surface area contributed by atoms with Gasteiger partial charge < -0.3 is 5.11 Å². The van der Waals surface area contributed by atoms with E-state index in [4.69, 9.17) is 4.84 Å². The van der Waals surface area contributed by atoms with Gasteiger partial charge in [0.1, 0.15) is 0 Å². The van der Waals surface area contributed by atoms with E-state index in [-0.39, 0.29) is 17.7 Å². The van der Waals surface area contributed by atoms with E-state index < -0.39 is 0 Å². The van der Waals surface area contributed by atoms with Crippen molar-refractivity contribution < 1.29 is 9.94 Å². The van der Waals surface area contributed by atoms with Crippen molar-refractivity contribution in [2.75, 3.05) is 0 Å². The van der Waals surface area contributed by atoms with Crippen LogP contribution in [0.5, 0.6) is 0 Å². The Morgan fingerprint density at radius 3 is 2.38 bits per heavy atom. The van der Waals surface area contributed by atoms with Crippen LogP contribution in [0.2, 0.25) is 0 Å². The van der Waals surface area contributed by atoms with E-state index in [1.807, 2.05) is 20.8 Å². The fraction of sp³-hybridized carbons (Fsp3) is 1.00. The summed E-state index contributed by atoms with van der Waals surface area (Å²) in [7, 11) is 0. The van der Waals surface area contributed by atoms with Gasteiger partial charge in [-0.25, -0.2) is 0 Å². The molecule has 3 nitrogen and oxygen atoms in total. The van der Waals surface area contributed by atoms with E-state index in [1.54, 1.807) is 0 Å². The Morgan fingerprint density at radius 2 is 1.85 bits per heavy atom. The summed E-state index contributed by atoms with van der Waals surface area (Å²) in [6.07, 6.45) is 3.98. The Bertz CT molecular complexity index is 153. The molecule has 2 N–H and O–H groups in total. The lowest BCUT2D eigenvalue weighted by Gasteiger charge is -2.31. The maximum atomic E-state index is 9.62. The maximum absolute atomic E-state index is 9.62. The molecule has 1 aliphatic rings. The highest BCUT2D eigenvalue weighted by atomic mass is 16.7. The molecule has 0 aliphatic heterocycles. The molecule has 0 bridgehead atoms. The molecule has 0 saturated heterocycles. The number of rotatable bonds is 2. The van der Waals surface area contributed by atoms with Crippen LogP contribution in [0, 0.1) is 0 Å². The van der Waals surface area contributed by atoms with Crippen molar-refractivity contribution in [3.63, 3.8) is 0 Å². The molecule has 0 spiro atoms. The Labute approximate surface area is 80.4 Å². The zero-order valence-electron chi connectivity index (χ0n) is 8.84. The van der Waals surface area contributed by atoms with Crippen molar-refractivity contribution in [1.82, 2.24) is 5.48 Å². The van der Waals surface area contributed by atoms with Crippen LogP contribution in [0.25, 0.3) is 0 Å². The van der Waals surface area contributed by atoms with Gasteiger partial charge in [0.25, 0.3) is 0 Å². The van der Waals surface area contributed by atoms with Crippen LogP contribution in [0.1, 0.15) is 46.5 Å². The zero-order valence-corrected chi connectivity index (χ0v) is 8.84. The van der Waals surface area contributed by atoms with Crippen LogP contribution in [0.3, 0.4) is 0 Å². The summed E-state index contributed by atoms with van der Waals surface area (Å²) in [5, 5.41) is 9.62. The van der Waals surface area contributed by atoms with Crippen LogP contribution in [-0.4, -0.2) is 22.9 Å². The van der Waals surface area contributed by atoms with Gasteiger partial charge in [-0.2, -0.15) is 5.48 Å². The average Bonchev–Trinajstić information content (AvgIpc) is 2.01. The largest absolute Gasteiger partial charge is 0.391 e. The summed E-state index contributed by atoms with van der Waals surface area (Å²) in [6, 6.07) is 0.118. The monoisotopic (exact) mass is 187 g/mol. The van der Waals surface area contributed by atoms with Gasteiger partial charge in [0.05, 0.1) is 17.7 Å². The third-order valence-electron chi connectivity index (χ3n) is 2.25. The number of hydroxylamine groups is 1. The molecule has 13 heavy (non-hydrogen) atoms. The third kappa shape index (κ3) is 4.07. The van der Waals surface area contributed by atoms with Gasteiger partial charge in [0.2, 0.25) is 0 Å². The van der Waals surface area contributed by atoms with E-state index in [1.165, 1.54) is 6.42 Å². The molecule has 1 rings (SSSR count). The molecule has 1 saturated carbocycles. The highest BCUT2D eigenvalue weighted by Crippen LogP contribution is 2.19. The quantitative estimate of drug-likeness (QED) is 0.645. The molecule has 1 aliphatic carbocycles. The molecule has 0 aromatic rings. The summed E-state index contributed by atoms with van der Waals surface area (Å²) in [5.74, 6) is 0. The van der Waals surface area contributed by atoms with E-state index >= 15 is 0 Å². The van der Waals surface area contributed by atoms with Crippen molar-refractivity contribution in [2.45, 2.75) is 64.2 Å². The minimum Gasteiger partial charge on any atom is -0.391 e. The lowest BCUT2D eigenvalue weighted by atomic mass is 9.93. The molecule has 0 aromatic heterocycles. The van der Waals surface area contributed by atoms with Crippen molar-refractivity contribution in [3.05, 3.63) is 0 Å². The molecule has 0 aromatic carbocycles. The predicted molar refractivity (Wildman–Crippen MR) is 52.2 cm³/mol. The van der Waals surface area contributed by atoms with Crippen molar-refractivity contribution >= 4 is 0 Å². The second kappa shape index (κ2) is 4.40. The SMILES string of the molecule is CC(C)(C)ON[C@H]1CCCC[C@@H]1O. The highest BCUT2D eigenvalue weighted by molar-refractivity contribution is 4.78. The van der Waals surface area contributed by atoms with Crippen molar-refractivity contribution in [2.24, 2.45) is 0 Å². The lowest BCUT2D eigenvalue weighted by molar-refractivity contribution is -0.111. The fourth-order valence-corrected chi connectivity index (χ4v) is 1.50. The lowest BCUT2D eigenvalue weighted by Crippen LogP contribution is -2.45. The fourth-order valence-electron chi connectivity index (χ4n) is 1.50. The number of hydrogen-bond acceptors (Lipinski definition) is 3. The second-order valence-electron chi connectivity index (χ2n) is 4.79. The third-order valence-corrected chi connectivity index (χ3v) is 2.25. The number of aliphatic hydroxyl groups is 1. The molecule has 78 valence electrons. The van der Waals surface area contributed by atoms with Crippen LogP contribution < -0.4 is 5.48 Å². The van der Waals surface area contributed by atoms with Gasteiger partial charge >= 0.3 is 0 Å². The Balaban J connectivity index is 2.27. The average molecular weight is 187 g/mol. The van der Waals surface area contributed by atoms with Gasteiger partial charge in [0.15, 0.2) is 0 Å². The minimum atomic E-state index is -0.240. The molecule has 1 fully saturated rings. The number of nitrogens with one attached hydrogen (secondary N) is 1. The first kappa shape index (κ1) is 11.0. The van der Waals surface area contributed by atoms with Crippen LogP contribution in [0.15, 0.2) is 0 Å². The summed E-state index contributed by atoms with van der Waals surface area (Å²) in [4.78, 5) is 5.43. The Hall–Kier alpha value is -0.120. The highest BCUT2D eigenvalue weighted by Gasteiger charge is 2.24. The van der Waals surface area contributed by atoms with E-state index in [2.05, 4.69) is 5.48 Å². The molecule has 3 heteroatoms. The van der Waals surface area contributed by atoms with Gasteiger partial charge in [-0.3, -0.25) is 4.84 Å². The topological polar surface area (TPSA) is 41.5 Å².